The van der Waals surface area contributed by atoms with Crippen LogP contribution < -0.4 is 4.90 Å². The van der Waals surface area contributed by atoms with Crippen LogP contribution in [0, 0.1) is 5.82 Å². The van der Waals surface area contributed by atoms with E-state index in [1.54, 1.807) is 0 Å². The molecule has 1 saturated heterocycles. The van der Waals surface area contributed by atoms with Gasteiger partial charge in [0.2, 0.25) is 0 Å². The van der Waals surface area contributed by atoms with Crippen molar-refractivity contribution in [1.82, 2.24) is 19.6 Å². The lowest BCUT2D eigenvalue weighted by atomic mass is 10.1. The number of hydrogen-bond donors (Lipinski definition) is 0. The van der Waals surface area contributed by atoms with E-state index in [1.807, 2.05) is 23.5 Å². The van der Waals surface area contributed by atoms with E-state index >= 15 is 0 Å². The highest BCUT2D eigenvalue weighted by Crippen LogP contribution is 2.32. The first-order valence-electron chi connectivity index (χ1n) is 12.1. The summed E-state index contributed by atoms with van der Waals surface area (Å²) in [4.78, 5) is 8.82. The van der Waals surface area contributed by atoms with E-state index < -0.39 is 0 Å². The van der Waals surface area contributed by atoms with Gasteiger partial charge in [0.15, 0.2) is 0 Å². The number of aryl methyl sites for hydroxylation is 1. The van der Waals surface area contributed by atoms with E-state index in [1.165, 1.54) is 28.4 Å². The molecular formula is C26H36FN5S. The number of likely N-dealkylation sites (N-methyl/N-ethyl adjacent to an activating group) is 1. The van der Waals surface area contributed by atoms with Crippen LogP contribution in [-0.4, -0.2) is 58.8 Å². The molecule has 0 N–H and O–H groups in total. The van der Waals surface area contributed by atoms with Gasteiger partial charge in [-0.2, -0.15) is 5.10 Å². The van der Waals surface area contributed by atoms with E-state index in [4.69, 9.17) is 5.10 Å². The molecule has 3 heterocycles. The molecule has 1 atom stereocenters. The molecule has 1 aromatic carbocycles. The smallest absolute Gasteiger partial charge is 0.137 e. The summed E-state index contributed by atoms with van der Waals surface area (Å²) in [5, 5.41) is 7.23. The zero-order valence-electron chi connectivity index (χ0n) is 20.3. The van der Waals surface area contributed by atoms with E-state index in [2.05, 4.69) is 64.7 Å². The lowest BCUT2D eigenvalue weighted by molar-refractivity contribution is 0.187. The van der Waals surface area contributed by atoms with Crippen LogP contribution in [0.4, 0.5) is 10.2 Å². The first-order valence-corrected chi connectivity index (χ1v) is 12.9. The Kier molecular flexibility index (Phi) is 7.83. The van der Waals surface area contributed by atoms with Crippen LogP contribution in [0.2, 0.25) is 0 Å². The van der Waals surface area contributed by atoms with Gasteiger partial charge in [-0.15, -0.1) is 11.3 Å². The van der Waals surface area contributed by atoms with Crippen molar-refractivity contribution in [1.29, 1.82) is 0 Å². The van der Waals surface area contributed by atoms with Crippen molar-refractivity contribution >= 4 is 17.2 Å². The minimum atomic E-state index is -0.220. The predicted molar refractivity (Wildman–Crippen MR) is 136 cm³/mol. The van der Waals surface area contributed by atoms with Gasteiger partial charge in [-0.05, 0) is 62.5 Å². The zero-order chi connectivity index (χ0) is 23.4. The molecule has 0 spiro atoms. The van der Waals surface area contributed by atoms with Gasteiger partial charge in [0.25, 0.3) is 0 Å². The average molecular weight is 470 g/mol. The van der Waals surface area contributed by atoms with Crippen molar-refractivity contribution in [2.75, 3.05) is 38.1 Å². The number of thiophene rings is 1. The van der Waals surface area contributed by atoms with Crippen LogP contribution >= 0.6 is 11.3 Å². The molecule has 3 aromatic rings. The maximum atomic E-state index is 13.7. The third-order valence-corrected chi connectivity index (χ3v) is 7.62. The number of rotatable bonds is 9. The van der Waals surface area contributed by atoms with Crippen molar-refractivity contribution in [2.24, 2.45) is 0 Å². The Morgan fingerprint density at radius 1 is 1.06 bits per heavy atom. The maximum absolute atomic E-state index is 13.7. The molecule has 0 amide bonds. The van der Waals surface area contributed by atoms with Crippen molar-refractivity contribution in [3.05, 3.63) is 63.7 Å². The Bertz CT molecular complexity index is 1010. The molecule has 2 aromatic heterocycles. The summed E-state index contributed by atoms with van der Waals surface area (Å²) in [6, 6.07) is 11.5. The van der Waals surface area contributed by atoms with Crippen LogP contribution in [0.1, 0.15) is 43.3 Å². The highest BCUT2D eigenvalue weighted by atomic mass is 32.1. The third kappa shape index (κ3) is 5.48. The summed E-state index contributed by atoms with van der Waals surface area (Å²) in [6.07, 6.45) is 1.97. The number of benzene rings is 1. The number of hydrogen-bond acceptors (Lipinski definition) is 5. The largest absolute Gasteiger partial charge is 0.354 e. The van der Waals surface area contributed by atoms with Gasteiger partial charge in [0, 0.05) is 55.8 Å². The van der Waals surface area contributed by atoms with Crippen molar-refractivity contribution in [3.8, 4) is 5.69 Å². The van der Waals surface area contributed by atoms with Gasteiger partial charge >= 0.3 is 0 Å². The molecule has 1 fully saturated rings. The monoisotopic (exact) mass is 469 g/mol. The average Bonchev–Trinajstić information content (AvgIpc) is 3.47. The van der Waals surface area contributed by atoms with E-state index in [9.17, 15) is 4.39 Å². The van der Waals surface area contributed by atoms with Crippen LogP contribution in [0.15, 0.2) is 41.8 Å². The number of nitrogens with zero attached hydrogens (tertiary/aromatic N) is 5. The first kappa shape index (κ1) is 23.9. The SMILES string of the molecule is CCc1nn(-c2ccc(F)cc2)c(N2CCN(C)CC2)c1CN(Cc1cccs1)[C@@H](C)CC. The molecule has 0 aliphatic carbocycles. The van der Waals surface area contributed by atoms with Gasteiger partial charge < -0.3 is 9.80 Å². The fourth-order valence-corrected chi connectivity index (χ4v) is 5.20. The standard InChI is InChI=1S/C26H36FN5S/c1-5-20(3)31(18-23-8-7-17-33-23)19-24-25(6-2)28-32(22-11-9-21(27)10-12-22)26(24)30-15-13-29(4)14-16-30/h7-12,17,20H,5-6,13-16,18-19H2,1-4H3/t20-/m0/s1. The second kappa shape index (κ2) is 10.8. The predicted octanol–water partition coefficient (Wildman–Crippen LogP) is 5.19. The molecule has 1 aliphatic heterocycles. The lowest BCUT2D eigenvalue weighted by Crippen LogP contribution is -2.45. The molecular weight excluding hydrogens is 433 g/mol. The Labute approximate surface area is 201 Å². The van der Waals surface area contributed by atoms with Gasteiger partial charge in [0.1, 0.15) is 11.6 Å². The van der Waals surface area contributed by atoms with Crippen LogP contribution in [0.5, 0.6) is 0 Å². The molecule has 5 nitrogen and oxygen atoms in total. The van der Waals surface area contributed by atoms with Crippen LogP contribution in [-0.2, 0) is 19.5 Å². The van der Waals surface area contributed by atoms with Crippen LogP contribution in [0.25, 0.3) is 5.69 Å². The Hall–Kier alpha value is -2.22. The normalized spacial score (nSPS) is 16.0. The third-order valence-electron chi connectivity index (χ3n) is 6.76. The quantitative estimate of drug-likeness (QED) is 0.431. The van der Waals surface area contributed by atoms with Crippen LogP contribution in [0.3, 0.4) is 0 Å². The fraction of sp³-hybridized carbons (Fsp3) is 0.500. The molecule has 1 aliphatic rings. The summed E-state index contributed by atoms with van der Waals surface area (Å²) >= 11 is 1.82. The van der Waals surface area contributed by atoms with Crippen molar-refractivity contribution in [3.63, 3.8) is 0 Å². The second-order valence-corrected chi connectivity index (χ2v) is 10.1. The summed E-state index contributed by atoms with van der Waals surface area (Å²) in [6.45, 7) is 12.6. The van der Waals surface area contributed by atoms with Crippen molar-refractivity contribution in [2.45, 2.75) is 52.7 Å². The van der Waals surface area contributed by atoms with E-state index in [0.29, 0.717) is 6.04 Å². The zero-order valence-corrected chi connectivity index (χ0v) is 21.1. The molecule has 0 unspecified atom stereocenters. The Morgan fingerprint density at radius 2 is 1.79 bits per heavy atom. The Morgan fingerprint density at radius 3 is 2.39 bits per heavy atom. The summed E-state index contributed by atoms with van der Waals surface area (Å²) in [5.41, 5.74) is 3.36. The summed E-state index contributed by atoms with van der Waals surface area (Å²) in [7, 11) is 2.18. The number of piperazine rings is 1. The minimum Gasteiger partial charge on any atom is -0.354 e. The summed E-state index contributed by atoms with van der Waals surface area (Å²) < 4.78 is 15.7. The lowest BCUT2D eigenvalue weighted by Gasteiger charge is -2.36. The maximum Gasteiger partial charge on any atom is 0.137 e. The van der Waals surface area contributed by atoms with Gasteiger partial charge in [-0.1, -0.05) is 19.9 Å². The van der Waals surface area contributed by atoms with Gasteiger partial charge in [-0.25, -0.2) is 9.07 Å². The molecule has 0 saturated carbocycles. The molecule has 0 radical (unpaired) electrons. The molecule has 0 bridgehead atoms. The second-order valence-electron chi connectivity index (χ2n) is 9.02. The van der Waals surface area contributed by atoms with E-state index in [-0.39, 0.29) is 5.82 Å². The number of aromatic nitrogens is 2. The minimum absolute atomic E-state index is 0.220. The van der Waals surface area contributed by atoms with E-state index in [0.717, 1.165) is 63.5 Å². The fourth-order valence-electron chi connectivity index (χ4n) is 4.47. The highest BCUT2D eigenvalue weighted by Gasteiger charge is 2.27. The summed E-state index contributed by atoms with van der Waals surface area (Å²) in [5.74, 6) is 0.952. The highest BCUT2D eigenvalue weighted by molar-refractivity contribution is 7.09. The topological polar surface area (TPSA) is 27.5 Å². The molecule has 33 heavy (non-hydrogen) atoms. The van der Waals surface area contributed by atoms with Gasteiger partial charge in [-0.3, -0.25) is 4.90 Å². The van der Waals surface area contributed by atoms with Crippen molar-refractivity contribution < 1.29 is 4.39 Å². The molecule has 4 rings (SSSR count). The molecule has 7 heteroatoms. The number of anilines is 1. The Balaban J connectivity index is 1.76. The molecule has 178 valence electrons. The van der Waals surface area contributed by atoms with Gasteiger partial charge in [0.05, 0.1) is 11.4 Å². The first-order chi connectivity index (χ1) is 16.0. The number of halogens is 1.